The first-order chi connectivity index (χ1) is 10.2. The summed E-state index contributed by atoms with van der Waals surface area (Å²) in [6.45, 7) is 0. The fourth-order valence-corrected chi connectivity index (χ4v) is 4.70. The summed E-state index contributed by atoms with van der Waals surface area (Å²) in [5.41, 5.74) is 0.758. The Morgan fingerprint density at radius 1 is 0.810 bits per heavy atom. The smallest absolute Gasteiger partial charge is 0.263 e. The van der Waals surface area contributed by atoms with E-state index in [1.807, 2.05) is 36.4 Å². The van der Waals surface area contributed by atoms with E-state index in [1.54, 1.807) is 28.6 Å². The first-order valence-electron chi connectivity index (χ1n) is 7.34. The van der Waals surface area contributed by atoms with Crippen LogP contribution in [0.4, 0.5) is 5.69 Å². The van der Waals surface area contributed by atoms with E-state index in [9.17, 15) is 8.42 Å². The second-order valence-corrected chi connectivity index (χ2v) is 7.20. The van der Waals surface area contributed by atoms with Gasteiger partial charge in [0.2, 0.25) is 0 Å². The molecule has 0 unspecified atom stereocenters. The summed E-state index contributed by atoms with van der Waals surface area (Å²) in [5, 5.41) is 0. The summed E-state index contributed by atoms with van der Waals surface area (Å²) in [6.07, 6.45) is 4.05. The Kier molecular flexibility index (Phi) is 3.97. The van der Waals surface area contributed by atoms with Crippen LogP contribution in [0.1, 0.15) is 25.7 Å². The molecule has 0 atom stereocenters. The molecule has 2 aromatic carbocycles. The predicted octanol–water partition coefficient (Wildman–Crippen LogP) is 3.82. The van der Waals surface area contributed by atoms with Gasteiger partial charge in [0.1, 0.15) is 0 Å². The predicted molar refractivity (Wildman–Crippen MR) is 84.8 cm³/mol. The third kappa shape index (κ3) is 2.81. The zero-order valence-electron chi connectivity index (χ0n) is 11.9. The molecule has 0 heterocycles. The molecule has 1 aliphatic rings. The molecule has 3 rings (SSSR count). The van der Waals surface area contributed by atoms with Crippen molar-refractivity contribution in [1.29, 1.82) is 0 Å². The van der Waals surface area contributed by atoms with Crippen molar-refractivity contribution in [2.75, 3.05) is 4.31 Å². The summed E-state index contributed by atoms with van der Waals surface area (Å²) >= 11 is 0. The average Bonchev–Trinajstić information content (AvgIpc) is 3.03. The summed E-state index contributed by atoms with van der Waals surface area (Å²) in [6, 6.07) is 18.2. The van der Waals surface area contributed by atoms with E-state index in [-0.39, 0.29) is 6.04 Å². The maximum absolute atomic E-state index is 13.0. The molecule has 1 fully saturated rings. The Bertz CT molecular complexity index is 677. The minimum absolute atomic E-state index is 0.0672. The van der Waals surface area contributed by atoms with Gasteiger partial charge in [-0.05, 0) is 37.1 Å². The van der Waals surface area contributed by atoms with Crippen LogP contribution in [0, 0.1) is 0 Å². The first kappa shape index (κ1) is 14.1. The van der Waals surface area contributed by atoms with E-state index in [0.717, 1.165) is 31.4 Å². The lowest BCUT2D eigenvalue weighted by atomic mass is 10.2. The van der Waals surface area contributed by atoms with Crippen LogP contribution in [0.5, 0.6) is 0 Å². The Morgan fingerprint density at radius 3 is 1.90 bits per heavy atom. The van der Waals surface area contributed by atoms with Crippen LogP contribution >= 0.6 is 0 Å². The highest BCUT2D eigenvalue weighted by atomic mass is 32.2. The largest absolute Gasteiger partial charge is 0.264 e. The standard InChI is InChI=1S/C17H19NO2S/c19-21(20,17-13-5-2-6-14-17)18(16-11-7-8-12-16)15-9-3-1-4-10-15/h1-6,9-10,13-14,16H,7-8,11-12H2. The lowest BCUT2D eigenvalue weighted by molar-refractivity contribution is 0.575. The number of sulfonamides is 1. The van der Waals surface area contributed by atoms with Crippen LogP contribution in [0.2, 0.25) is 0 Å². The highest BCUT2D eigenvalue weighted by molar-refractivity contribution is 7.92. The van der Waals surface area contributed by atoms with Crippen molar-refractivity contribution in [2.45, 2.75) is 36.6 Å². The van der Waals surface area contributed by atoms with Crippen LogP contribution in [-0.4, -0.2) is 14.5 Å². The Hall–Kier alpha value is -1.81. The molecular formula is C17H19NO2S. The van der Waals surface area contributed by atoms with Crippen molar-refractivity contribution in [3.63, 3.8) is 0 Å². The van der Waals surface area contributed by atoms with Crippen molar-refractivity contribution in [3.8, 4) is 0 Å². The van der Waals surface area contributed by atoms with E-state index >= 15 is 0 Å². The third-order valence-electron chi connectivity index (χ3n) is 3.97. The fraction of sp³-hybridized carbons (Fsp3) is 0.294. The van der Waals surface area contributed by atoms with Gasteiger partial charge in [0.15, 0.2) is 0 Å². The summed E-state index contributed by atoms with van der Waals surface area (Å²) in [4.78, 5) is 0.362. The lowest BCUT2D eigenvalue weighted by Gasteiger charge is -2.30. The molecule has 0 amide bonds. The molecule has 0 bridgehead atoms. The Morgan fingerprint density at radius 2 is 1.33 bits per heavy atom. The molecular weight excluding hydrogens is 282 g/mol. The number of rotatable bonds is 4. The Labute approximate surface area is 126 Å². The SMILES string of the molecule is O=S(=O)(c1ccccc1)N(c1ccccc1)C1CCCC1. The van der Waals surface area contributed by atoms with E-state index in [0.29, 0.717) is 4.90 Å². The van der Waals surface area contributed by atoms with Gasteiger partial charge in [0.25, 0.3) is 10.0 Å². The molecule has 0 aromatic heterocycles. The Balaban J connectivity index is 2.07. The van der Waals surface area contributed by atoms with E-state index in [4.69, 9.17) is 0 Å². The normalized spacial score (nSPS) is 16.0. The second-order valence-electron chi connectivity index (χ2n) is 5.39. The van der Waals surface area contributed by atoms with Crippen LogP contribution in [-0.2, 0) is 10.0 Å². The molecule has 0 saturated heterocycles. The van der Waals surface area contributed by atoms with Crippen LogP contribution in [0.25, 0.3) is 0 Å². The fourth-order valence-electron chi connectivity index (χ4n) is 2.97. The van der Waals surface area contributed by atoms with Crippen LogP contribution in [0.3, 0.4) is 0 Å². The maximum Gasteiger partial charge on any atom is 0.264 e. The van der Waals surface area contributed by atoms with Gasteiger partial charge in [0.05, 0.1) is 10.6 Å². The minimum atomic E-state index is -3.50. The second kappa shape index (κ2) is 5.90. The van der Waals surface area contributed by atoms with Crippen molar-refractivity contribution < 1.29 is 8.42 Å². The van der Waals surface area contributed by atoms with Crippen molar-refractivity contribution in [1.82, 2.24) is 0 Å². The molecule has 0 aliphatic heterocycles. The van der Waals surface area contributed by atoms with E-state index in [2.05, 4.69) is 0 Å². The van der Waals surface area contributed by atoms with Gasteiger partial charge >= 0.3 is 0 Å². The maximum atomic E-state index is 13.0. The molecule has 110 valence electrons. The zero-order chi connectivity index (χ0) is 14.7. The van der Waals surface area contributed by atoms with Crippen molar-refractivity contribution in [2.24, 2.45) is 0 Å². The third-order valence-corrected chi connectivity index (χ3v) is 5.86. The zero-order valence-corrected chi connectivity index (χ0v) is 12.7. The van der Waals surface area contributed by atoms with Crippen LogP contribution in [0.15, 0.2) is 65.6 Å². The number of para-hydroxylation sites is 1. The number of hydrogen-bond donors (Lipinski definition) is 0. The number of nitrogens with zero attached hydrogens (tertiary/aromatic N) is 1. The molecule has 0 spiro atoms. The molecule has 4 heteroatoms. The van der Waals surface area contributed by atoms with E-state index < -0.39 is 10.0 Å². The van der Waals surface area contributed by atoms with Gasteiger partial charge in [-0.3, -0.25) is 4.31 Å². The van der Waals surface area contributed by atoms with Crippen LogP contribution < -0.4 is 4.31 Å². The quantitative estimate of drug-likeness (QED) is 0.861. The first-order valence-corrected chi connectivity index (χ1v) is 8.78. The summed E-state index contributed by atoms with van der Waals surface area (Å²) < 4.78 is 27.7. The van der Waals surface area contributed by atoms with Gasteiger partial charge in [0, 0.05) is 6.04 Å². The minimum Gasteiger partial charge on any atom is -0.263 e. The summed E-state index contributed by atoms with van der Waals surface area (Å²) in [5.74, 6) is 0. The van der Waals surface area contributed by atoms with Gasteiger partial charge in [-0.2, -0.15) is 0 Å². The van der Waals surface area contributed by atoms with Gasteiger partial charge in [-0.1, -0.05) is 49.2 Å². The molecule has 1 aliphatic carbocycles. The molecule has 2 aromatic rings. The van der Waals surface area contributed by atoms with Crippen molar-refractivity contribution >= 4 is 15.7 Å². The summed E-state index contributed by atoms with van der Waals surface area (Å²) in [7, 11) is -3.50. The monoisotopic (exact) mass is 301 g/mol. The van der Waals surface area contributed by atoms with E-state index in [1.165, 1.54) is 0 Å². The van der Waals surface area contributed by atoms with Crippen molar-refractivity contribution in [3.05, 3.63) is 60.7 Å². The average molecular weight is 301 g/mol. The number of benzene rings is 2. The number of hydrogen-bond acceptors (Lipinski definition) is 2. The highest BCUT2D eigenvalue weighted by Crippen LogP contribution is 2.33. The molecule has 21 heavy (non-hydrogen) atoms. The van der Waals surface area contributed by atoms with Gasteiger partial charge in [-0.15, -0.1) is 0 Å². The van der Waals surface area contributed by atoms with Gasteiger partial charge < -0.3 is 0 Å². The molecule has 1 saturated carbocycles. The molecule has 0 radical (unpaired) electrons. The molecule has 3 nitrogen and oxygen atoms in total. The molecule has 0 N–H and O–H groups in total. The number of anilines is 1. The highest BCUT2D eigenvalue weighted by Gasteiger charge is 2.33. The topological polar surface area (TPSA) is 37.4 Å². The van der Waals surface area contributed by atoms with Gasteiger partial charge in [-0.25, -0.2) is 8.42 Å². The lowest BCUT2D eigenvalue weighted by Crippen LogP contribution is -2.38.